The summed E-state index contributed by atoms with van der Waals surface area (Å²) in [6, 6.07) is 0. The Bertz CT molecular complexity index is 657. The van der Waals surface area contributed by atoms with Crippen LogP contribution < -0.4 is 0 Å². The minimum atomic E-state index is -0.565. The molecule has 2 atom stereocenters. The Hall–Kier alpha value is -1.90. The third-order valence-corrected chi connectivity index (χ3v) is 6.16. The van der Waals surface area contributed by atoms with Gasteiger partial charge in [-0.15, -0.1) is 0 Å². The summed E-state index contributed by atoms with van der Waals surface area (Å²) < 4.78 is 5.17. The van der Waals surface area contributed by atoms with E-state index in [9.17, 15) is 9.59 Å². The predicted octanol–water partition coefficient (Wildman–Crippen LogP) is 6.71. The van der Waals surface area contributed by atoms with Crippen molar-refractivity contribution in [2.75, 3.05) is 0 Å². The van der Waals surface area contributed by atoms with Gasteiger partial charge in [-0.25, -0.2) is 9.59 Å². The van der Waals surface area contributed by atoms with E-state index in [2.05, 4.69) is 55.4 Å². The highest BCUT2D eigenvalue weighted by atomic mass is 16.6. The molecule has 0 radical (unpaired) electrons. The standard InChI is InChI=1S/C24H38O3/c1-13(2)15(5)17(7)19(9)21(11)23(25)27-24(26)22(12)20(10)18(8)16(6)14(3)4/h17-18H,1-12H3/b21-19-,22-20-. The summed E-state index contributed by atoms with van der Waals surface area (Å²) in [4.78, 5) is 25.0. The topological polar surface area (TPSA) is 43.4 Å². The van der Waals surface area contributed by atoms with Crippen molar-refractivity contribution in [3.05, 3.63) is 44.6 Å². The molecular formula is C24H38O3. The molecule has 0 N–H and O–H groups in total. The summed E-state index contributed by atoms with van der Waals surface area (Å²) in [5.41, 5.74) is 7.77. The number of rotatable bonds is 6. The highest BCUT2D eigenvalue weighted by Gasteiger charge is 2.21. The Balaban J connectivity index is 5.55. The van der Waals surface area contributed by atoms with Crippen LogP contribution in [0.4, 0.5) is 0 Å². The van der Waals surface area contributed by atoms with Crippen molar-refractivity contribution >= 4 is 11.9 Å². The van der Waals surface area contributed by atoms with E-state index in [-0.39, 0.29) is 11.8 Å². The first-order valence-electron chi connectivity index (χ1n) is 9.63. The van der Waals surface area contributed by atoms with Crippen LogP contribution in [0.1, 0.15) is 83.1 Å². The van der Waals surface area contributed by atoms with Crippen molar-refractivity contribution in [3.63, 3.8) is 0 Å². The molecular weight excluding hydrogens is 336 g/mol. The lowest BCUT2D eigenvalue weighted by atomic mass is 9.89. The molecule has 0 spiro atoms. The van der Waals surface area contributed by atoms with E-state index in [1.54, 1.807) is 13.8 Å². The molecule has 0 aromatic carbocycles. The van der Waals surface area contributed by atoms with Crippen molar-refractivity contribution in [2.24, 2.45) is 11.8 Å². The number of carbonyl (C=O) groups is 2. The molecule has 0 rings (SSSR count). The van der Waals surface area contributed by atoms with Gasteiger partial charge in [0.25, 0.3) is 0 Å². The molecule has 152 valence electrons. The van der Waals surface area contributed by atoms with Crippen LogP contribution in [0.3, 0.4) is 0 Å². The third-order valence-electron chi connectivity index (χ3n) is 6.16. The molecule has 2 unspecified atom stereocenters. The predicted molar refractivity (Wildman–Crippen MR) is 114 cm³/mol. The fraction of sp³-hybridized carbons (Fsp3) is 0.583. The van der Waals surface area contributed by atoms with Gasteiger partial charge in [-0.3, -0.25) is 0 Å². The van der Waals surface area contributed by atoms with Crippen molar-refractivity contribution in [2.45, 2.75) is 83.1 Å². The number of esters is 2. The van der Waals surface area contributed by atoms with E-state index in [0.717, 1.165) is 11.1 Å². The van der Waals surface area contributed by atoms with E-state index >= 15 is 0 Å². The van der Waals surface area contributed by atoms with Crippen LogP contribution in [-0.4, -0.2) is 11.9 Å². The average molecular weight is 375 g/mol. The summed E-state index contributed by atoms with van der Waals surface area (Å²) >= 11 is 0. The van der Waals surface area contributed by atoms with Crippen molar-refractivity contribution in [1.82, 2.24) is 0 Å². The summed E-state index contributed by atoms with van der Waals surface area (Å²) in [5, 5.41) is 0. The Morgan fingerprint density at radius 3 is 1.00 bits per heavy atom. The Morgan fingerprint density at radius 1 is 0.519 bits per heavy atom. The molecule has 0 aliphatic rings. The lowest BCUT2D eigenvalue weighted by Gasteiger charge is -2.19. The summed E-state index contributed by atoms with van der Waals surface area (Å²) in [7, 11) is 0. The minimum Gasteiger partial charge on any atom is -0.386 e. The Labute approximate surface area is 166 Å². The second-order valence-corrected chi connectivity index (χ2v) is 8.10. The highest BCUT2D eigenvalue weighted by molar-refractivity contribution is 6.02. The van der Waals surface area contributed by atoms with E-state index < -0.39 is 11.9 Å². The Morgan fingerprint density at radius 2 is 0.778 bits per heavy atom. The number of hydrogen-bond donors (Lipinski definition) is 0. The zero-order valence-corrected chi connectivity index (χ0v) is 19.4. The van der Waals surface area contributed by atoms with Crippen LogP contribution in [0, 0.1) is 11.8 Å². The van der Waals surface area contributed by atoms with Crippen molar-refractivity contribution < 1.29 is 14.3 Å². The maximum absolute atomic E-state index is 12.5. The molecule has 0 amide bonds. The maximum Gasteiger partial charge on any atom is 0.341 e. The van der Waals surface area contributed by atoms with Crippen molar-refractivity contribution in [1.29, 1.82) is 0 Å². The molecule has 0 aromatic heterocycles. The van der Waals surface area contributed by atoms with Crippen molar-refractivity contribution in [3.8, 4) is 0 Å². The minimum absolute atomic E-state index is 0.136. The van der Waals surface area contributed by atoms with Crippen LogP contribution in [0.5, 0.6) is 0 Å². The van der Waals surface area contributed by atoms with Gasteiger partial charge in [-0.05, 0) is 81.1 Å². The molecule has 0 fully saturated rings. The molecule has 3 heteroatoms. The molecule has 0 saturated heterocycles. The smallest absolute Gasteiger partial charge is 0.341 e. The first-order valence-corrected chi connectivity index (χ1v) is 9.63. The summed E-state index contributed by atoms with van der Waals surface area (Å²) in [6.07, 6.45) is 0. The maximum atomic E-state index is 12.5. The van der Waals surface area contributed by atoms with E-state index in [0.29, 0.717) is 11.1 Å². The lowest BCUT2D eigenvalue weighted by Crippen LogP contribution is -2.18. The van der Waals surface area contributed by atoms with Crippen LogP contribution in [0.15, 0.2) is 44.6 Å². The monoisotopic (exact) mass is 374 g/mol. The first-order chi connectivity index (χ1) is 12.2. The van der Waals surface area contributed by atoms with Gasteiger partial charge in [0.1, 0.15) is 0 Å². The zero-order chi connectivity index (χ0) is 21.6. The zero-order valence-electron chi connectivity index (χ0n) is 19.4. The Kier molecular flexibility index (Phi) is 9.70. The van der Waals surface area contributed by atoms with Gasteiger partial charge in [0.05, 0.1) is 0 Å². The van der Waals surface area contributed by atoms with Gasteiger partial charge >= 0.3 is 11.9 Å². The summed E-state index contributed by atoms with van der Waals surface area (Å²) in [6.45, 7) is 23.8. The SMILES string of the molecule is CC(C)=C(C)C(C)/C(C)=C(/C)C(=O)OC(=O)/C(C)=C(/C)C(C)C(C)=C(C)C. The van der Waals surface area contributed by atoms with Crippen LogP contribution in [0.2, 0.25) is 0 Å². The molecule has 3 nitrogen and oxygen atoms in total. The van der Waals surface area contributed by atoms with Crippen LogP contribution >= 0.6 is 0 Å². The molecule has 27 heavy (non-hydrogen) atoms. The quantitative estimate of drug-likeness (QED) is 0.224. The summed E-state index contributed by atoms with van der Waals surface area (Å²) in [5.74, 6) is -0.859. The van der Waals surface area contributed by atoms with E-state index in [4.69, 9.17) is 4.74 Å². The number of hydrogen-bond acceptors (Lipinski definition) is 3. The third kappa shape index (κ3) is 6.64. The fourth-order valence-corrected chi connectivity index (χ4v) is 2.72. The molecule has 0 heterocycles. The second-order valence-electron chi connectivity index (χ2n) is 8.10. The van der Waals surface area contributed by atoms with Gasteiger partial charge in [-0.1, -0.05) is 47.3 Å². The number of ether oxygens (including phenoxy) is 1. The largest absolute Gasteiger partial charge is 0.386 e. The first kappa shape index (κ1) is 25.1. The number of allylic oxidation sites excluding steroid dienone is 6. The molecule has 0 aliphatic carbocycles. The average Bonchev–Trinajstić information content (AvgIpc) is 2.62. The van der Waals surface area contributed by atoms with Gasteiger partial charge in [0.15, 0.2) is 0 Å². The van der Waals surface area contributed by atoms with Crippen LogP contribution in [0.25, 0.3) is 0 Å². The van der Waals surface area contributed by atoms with Crippen LogP contribution in [-0.2, 0) is 14.3 Å². The van der Waals surface area contributed by atoms with Gasteiger partial charge in [-0.2, -0.15) is 0 Å². The fourth-order valence-electron chi connectivity index (χ4n) is 2.72. The number of carbonyl (C=O) groups excluding carboxylic acids is 2. The normalized spacial score (nSPS) is 15.1. The van der Waals surface area contributed by atoms with E-state index in [1.807, 2.05) is 13.8 Å². The molecule has 0 aliphatic heterocycles. The van der Waals surface area contributed by atoms with Gasteiger partial charge in [0, 0.05) is 11.1 Å². The van der Waals surface area contributed by atoms with E-state index in [1.165, 1.54) is 22.3 Å². The second kappa shape index (κ2) is 10.4. The molecule has 0 saturated carbocycles. The lowest BCUT2D eigenvalue weighted by molar-refractivity contribution is -0.154. The molecule has 0 aromatic rings. The van der Waals surface area contributed by atoms with Gasteiger partial charge < -0.3 is 4.74 Å². The van der Waals surface area contributed by atoms with Gasteiger partial charge in [0.2, 0.25) is 0 Å². The molecule has 0 bridgehead atoms. The highest BCUT2D eigenvalue weighted by Crippen LogP contribution is 2.27.